The number of hydrogen-bond donors (Lipinski definition) is 2. The van der Waals surface area contributed by atoms with E-state index >= 15 is 0 Å². The van der Waals surface area contributed by atoms with Crippen molar-refractivity contribution in [1.82, 2.24) is 10.3 Å². The van der Waals surface area contributed by atoms with Gasteiger partial charge in [-0.25, -0.2) is 4.98 Å². The highest BCUT2D eigenvalue weighted by Gasteiger charge is 2.15. The number of rotatable bonds is 5. The van der Waals surface area contributed by atoms with Gasteiger partial charge in [0.2, 0.25) is 0 Å². The lowest BCUT2D eigenvalue weighted by molar-refractivity contribution is 0.0169. The summed E-state index contributed by atoms with van der Waals surface area (Å²) < 4.78 is 5.59. The zero-order chi connectivity index (χ0) is 13.5. The van der Waals surface area contributed by atoms with Crippen molar-refractivity contribution in [3.8, 4) is 0 Å². The van der Waals surface area contributed by atoms with Crippen LogP contribution >= 0.6 is 0 Å². The maximum Gasteiger partial charge on any atom is 0.251 e. The molecule has 1 saturated heterocycles. The van der Waals surface area contributed by atoms with Crippen molar-refractivity contribution in [2.24, 2.45) is 0 Å². The lowest BCUT2D eigenvalue weighted by atomic mass is 10.1. The molecule has 0 spiro atoms. The molecule has 1 fully saturated rings. The third-order valence-electron chi connectivity index (χ3n) is 3.14. The Morgan fingerprint density at radius 2 is 2.42 bits per heavy atom. The highest BCUT2D eigenvalue weighted by molar-refractivity contribution is 5.94. The van der Waals surface area contributed by atoms with Crippen molar-refractivity contribution in [3.05, 3.63) is 23.9 Å². The van der Waals surface area contributed by atoms with Crippen LogP contribution in [0.2, 0.25) is 0 Å². The summed E-state index contributed by atoms with van der Waals surface area (Å²) in [5.41, 5.74) is 0.627. The number of nitrogens with zero attached hydrogens (tertiary/aromatic N) is 1. The molecule has 1 aromatic heterocycles. The zero-order valence-electron chi connectivity index (χ0n) is 11.3. The molecule has 1 aromatic rings. The van der Waals surface area contributed by atoms with Crippen LogP contribution in [-0.4, -0.2) is 36.7 Å². The van der Waals surface area contributed by atoms with Crippen LogP contribution in [0.3, 0.4) is 0 Å². The van der Waals surface area contributed by atoms with Crippen molar-refractivity contribution in [1.29, 1.82) is 0 Å². The van der Waals surface area contributed by atoms with Crippen molar-refractivity contribution in [2.75, 3.05) is 25.0 Å². The van der Waals surface area contributed by atoms with Crippen LogP contribution in [0.4, 0.5) is 5.82 Å². The molecule has 1 amide bonds. The number of pyridine rings is 1. The molecular formula is C14H21N3O2. The predicted molar refractivity (Wildman–Crippen MR) is 74.3 cm³/mol. The second-order valence-corrected chi connectivity index (χ2v) is 4.66. The van der Waals surface area contributed by atoms with E-state index in [-0.39, 0.29) is 12.0 Å². The largest absolute Gasteiger partial charge is 0.376 e. The van der Waals surface area contributed by atoms with Gasteiger partial charge in [-0.3, -0.25) is 4.79 Å². The van der Waals surface area contributed by atoms with E-state index in [1.807, 2.05) is 6.92 Å². The van der Waals surface area contributed by atoms with Crippen molar-refractivity contribution < 1.29 is 9.53 Å². The van der Waals surface area contributed by atoms with Gasteiger partial charge in [0.25, 0.3) is 5.91 Å². The Hall–Kier alpha value is -1.62. The highest BCUT2D eigenvalue weighted by Crippen LogP contribution is 2.12. The number of amides is 1. The molecule has 1 unspecified atom stereocenters. The molecule has 5 nitrogen and oxygen atoms in total. The minimum Gasteiger partial charge on any atom is -0.376 e. The van der Waals surface area contributed by atoms with Gasteiger partial charge >= 0.3 is 0 Å². The van der Waals surface area contributed by atoms with Gasteiger partial charge in [-0.15, -0.1) is 0 Å². The number of anilines is 1. The Balaban J connectivity index is 1.86. The number of ether oxygens (including phenoxy) is 1. The summed E-state index contributed by atoms with van der Waals surface area (Å²) in [5, 5.41) is 6.01. The normalized spacial score (nSPS) is 18.9. The summed E-state index contributed by atoms with van der Waals surface area (Å²) >= 11 is 0. The van der Waals surface area contributed by atoms with Gasteiger partial charge in [-0.1, -0.05) is 0 Å². The van der Waals surface area contributed by atoms with Crippen LogP contribution in [0, 0.1) is 0 Å². The monoisotopic (exact) mass is 263 g/mol. The van der Waals surface area contributed by atoms with Crippen LogP contribution in [0.15, 0.2) is 18.3 Å². The van der Waals surface area contributed by atoms with E-state index in [0.717, 1.165) is 31.8 Å². The van der Waals surface area contributed by atoms with Gasteiger partial charge in [0.1, 0.15) is 5.82 Å². The number of carbonyl (C=O) groups excluding carboxylic acids is 1. The third-order valence-corrected chi connectivity index (χ3v) is 3.14. The van der Waals surface area contributed by atoms with Crippen LogP contribution in [-0.2, 0) is 4.74 Å². The number of carbonyl (C=O) groups is 1. The van der Waals surface area contributed by atoms with Crippen molar-refractivity contribution >= 4 is 11.7 Å². The minimum absolute atomic E-state index is 0.0734. The zero-order valence-corrected chi connectivity index (χ0v) is 11.3. The number of aromatic nitrogens is 1. The van der Waals surface area contributed by atoms with Crippen LogP contribution in [0.25, 0.3) is 0 Å². The van der Waals surface area contributed by atoms with Crippen molar-refractivity contribution in [3.63, 3.8) is 0 Å². The minimum atomic E-state index is -0.0734. The molecule has 5 heteroatoms. The van der Waals surface area contributed by atoms with E-state index in [1.165, 1.54) is 6.42 Å². The van der Waals surface area contributed by atoms with E-state index in [9.17, 15) is 4.79 Å². The smallest absolute Gasteiger partial charge is 0.251 e. The van der Waals surface area contributed by atoms with E-state index in [1.54, 1.807) is 18.3 Å². The summed E-state index contributed by atoms with van der Waals surface area (Å²) in [6.45, 7) is 4.17. The van der Waals surface area contributed by atoms with Crippen LogP contribution < -0.4 is 10.6 Å². The van der Waals surface area contributed by atoms with Gasteiger partial charge < -0.3 is 15.4 Å². The maximum atomic E-state index is 12.0. The Morgan fingerprint density at radius 1 is 1.53 bits per heavy atom. The Bertz CT molecular complexity index is 417. The molecule has 0 aromatic carbocycles. The second kappa shape index (κ2) is 7.09. The fraction of sp³-hybridized carbons (Fsp3) is 0.571. The Kier molecular flexibility index (Phi) is 5.15. The summed E-state index contributed by atoms with van der Waals surface area (Å²) in [6.07, 6.45) is 5.14. The standard InChI is InChI=1S/C14H21N3O2/c1-2-15-13-9-11(6-7-16-13)14(18)17-10-12-5-3-4-8-19-12/h6-7,9,12H,2-5,8,10H2,1H3,(H,15,16)(H,17,18). The molecule has 0 saturated carbocycles. The number of hydrogen-bond acceptors (Lipinski definition) is 4. The van der Waals surface area contributed by atoms with E-state index in [0.29, 0.717) is 12.1 Å². The third kappa shape index (κ3) is 4.21. The predicted octanol–water partition coefficient (Wildman–Crippen LogP) is 1.81. The first kappa shape index (κ1) is 13.8. The van der Waals surface area contributed by atoms with Crippen molar-refractivity contribution in [2.45, 2.75) is 32.3 Å². The van der Waals surface area contributed by atoms with Gasteiger partial charge in [-0.2, -0.15) is 0 Å². The molecule has 19 heavy (non-hydrogen) atoms. The Morgan fingerprint density at radius 3 is 3.16 bits per heavy atom. The maximum absolute atomic E-state index is 12.0. The molecule has 1 aliphatic rings. The molecular weight excluding hydrogens is 242 g/mol. The van der Waals surface area contributed by atoms with Gasteiger partial charge in [0.15, 0.2) is 0 Å². The quantitative estimate of drug-likeness (QED) is 0.850. The molecule has 2 heterocycles. The second-order valence-electron chi connectivity index (χ2n) is 4.66. The molecule has 2 N–H and O–H groups in total. The summed E-state index contributed by atoms with van der Waals surface area (Å²) in [4.78, 5) is 16.2. The summed E-state index contributed by atoms with van der Waals surface area (Å²) in [7, 11) is 0. The van der Waals surface area contributed by atoms with E-state index in [4.69, 9.17) is 4.74 Å². The first-order valence-electron chi connectivity index (χ1n) is 6.89. The molecule has 104 valence electrons. The SMILES string of the molecule is CCNc1cc(C(=O)NCC2CCCCO2)ccn1. The molecule has 0 aliphatic carbocycles. The molecule has 0 bridgehead atoms. The molecule has 2 rings (SSSR count). The lowest BCUT2D eigenvalue weighted by Gasteiger charge is -2.22. The Labute approximate surface area is 113 Å². The van der Waals surface area contributed by atoms with Crippen LogP contribution in [0.5, 0.6) is 0 Å². The average molecular weight is 263 g/mol. The van der Waals surface area contributed by atoms with E-state index < -0.39 is 0 Å². The molecule has 1 atom stereocenters. The summed E-state index contributed by atoms with van der Waals surface area (Å²) in [5.74, 6) is 0.653. The number of nitrogens with one attached hydrogen (secondary N) is 2. The van der Waals surface area contributed by atoms with Gasteiger partial charge in [0.05, 0.1) is 6.10 Å². The van der Waals surface area contributed by atoms with E-state index in [2.05, 4.69) is 15.6 Å². The van der Waals surface area contributed by atoms with Gasteiger partial charge in [0, 0.05) is 31.5 Å². The first-order chi connectivity index (χ1) is 9.29. The molecule has 1 aliphatic heterocycles. The first-order valence-corrected chi connectivity index (χ1v) is 6.89. The average Bonchev–Trinajstić information content (AvgIpc) is 2.46. The fourth-order valence-corrected chi connectivity index (χ4v) is 2.13. The van der Waals surface area contributed by atoms with Gasteiger partial charge in [-0.05, 0) is 38.3 Å². The fourth-order valence-electron chi connectivity index (χ4n) is 2.13. The highest BCUT2D eigenvalue weighted by atomic mass is 16.5. The summed E-state index contributed by atoms with van der Waals surface area (Å²) in [6, 6.07) is 3.48. The van der Waals surface area contributed by atoms with Crippen LogP contribution in [0.1, 0.15) is 36.5 Å². The molecule has 0 radical (unpaired) electrons. The topological polar surface area (TPSA) is 63.2 Å². The lowest BCUT2D eigenvalue weighted by Crippen LogP contribution is -2.35.